The molecule has 5 aliphatic rings. The molecule has 18 nitrogen and oxygen atoms in total. The quantitative estimate of drug-likeness (QED) is 0.0386. The first-order valence-electron chi connectivity index (χ1n) is 23.8. The molecule has 0 bridgehead atoms. The highest BCUT2D eigenvalue weighted by molar-refractivity contribution is 7.98. The van der Waals surface area contributed by atoms with Crippen LogP contribution in [0.2, 0.25) is 0 Å². The lowest BCUT2D eigenvalue weighted by Crippen LogP contribution is -2.69. The second kappa shape index (κ2) is 22.0. The summed E-state index contributed by atoms with van der Waals surface area (Å²) in [5.41, 5.74) is -2.65. The molecule has 0 spiro atoms. The zero-order valence-electron chi connectivity index (χ0n) is 40.0. The van der Waals surface area contributed by atoms with Crippen molar-refractivity contribution in [2.75, 3.05) is 18.5 Å². The van der Waals surface area contributed by atoms with Gasteiger partial charge in [0, 0.05) is 45.1 Å². The molecule has 0 radical (unpaired) electrons. The van der Waals surface area contributed by atoms with Gasteiger partial charge in [-0.2, -0.15) is 12.6 Å². The number of carbonyl (C=O) groups excluding carboxylic acids is 4. The van der Waals surface area contributed by atoms with Crippen LogP contribution in [0.25, 0.3) is 0 Å². The van der Waals surface area contributed by atoms with Gasteiger partial charge in [0.2, 0.25) is 17.7 Å². The van der Waals surface area contributed by atoms with E-state index >= 15 is 4.39 Å². The van der Waals surface area contributed by atoms with Gasteiger partial charge < -0.3 is 50.5 Å². The predicted octanol–water partition coefficient (Wildman–Crippen LogP) is 6.13. The van der Waals surface area contributed by atoms with Gasteiger partial charge in [-0.25, -0.2) is 8.96 Å². The van der Waals surface area contributed by atoms with Crippen LogP contribution in [0.5, 0.6) is 0 Å². The van der Waals surface area contributed by atoms with Gasteiger partial charge in [-0.15, -0.1) is 11.8 Å². The molecule has 2 aromatic rings. The highest BCUT2D eigenvalue weighted by Gasteiger charge is 2.79. The number of rotatable bonds is 21. The normalized spacial score (nSPS) is 30.7. The Morgan fingerprint density at radius 1 is 1.04 bits per heavy atom. The van der Waals surface area contributed by atoms with Crippen LogP contribution in [-0.2, 0) is 53.1 Å². The lowest BCUT2D eigenvalue weighted by atomic mass is 9.44. The van der Waals surface area contributed by atoms with Crippen LogP contribution < -0.4 is 16.0 Å². The number of hydrogen-bond donors (Lipinski definition) is 9. The fraction of sp³-hybridized carbons (Fsp3) is 0.520. The third-order valence-corrected chi connectivity index (χ3v) is 17.0. The molecule has 72 heavy (non-hydrogen) atoms. The summed E-state index contributed by atoms with van der Waals surface area (Å²) < 4.78 is 48.2. The number of carboxylic acids is 2. The molecular formula is C50H61FN3O15PS2. The minimum atomic E-state index is -5.11. The fourth-order valence-electron chi connectivity index (χ4n) is 11.5. The van der Waals surface area contributed by atoms with Gasteiger partial charge in [0.25, 0.3) is 0 Å². The molecular weight excluding hydrogens is 997 g/mol. The number of aliphatic hydroxyl groups is 1. The number of nitrogens with one attached hydrogen (secondary N) is 3. The van der Waals surface area contributed by atoms with Gasteiger partial charge in [0.05, 0.1) is 30.4 Å². The highest BCUT2D eigenvalue weighted by atomic mass is 32.2. The lowest BCUT2D eigenvalue weighted by molar-refractivity contribution is -0.231. The van der Waals surface area contributed by atoms with E-state index in [1.165, 1.54) is 11.8 Å². The number of hydrogen-bond acceptors (Lipinski definition) is 13. The number of carboxylic acid groups (broad SMARTS) is 2. The summed E-state index contributed by atoms with van der Waals surface area (Å²) in [6.45, 7) is 4.09. The van der Waals surface area contributed by atoms with Crippen molar-refractivity contribution < 1.29 is 76.8 Å². The Labute approximate surface area is 425 Å². The van der Waals surface area contributed by atoms with Gasteiger partial charge in [-0.1, -0.05) is 80.5 Å². The number of ketones is 1. The smallest absolute Gasteiger partial charge is 0.470 e. The Balaban J connectivity index is 1.02. The predicted molar refractivity (Wildman–Crippen MR) is 264 cm³/mol. The van der Waals surface area contributed by atoms with Crippen molar-refractivity contribution in [2.24, 2.45) is 22.7 Å². The Kier molecular flexibility index (Phi) is 16.8. The van der Waals surface area contributed by atoms with Crippen LogP contribution in [0.1, 0.15) is 96.0 Å². The summed E-state index contributed by atoms with van der Waals surface area (Å²) in [6.07, 6.45) is 5.85. The summed E-state index contributed by atoms with van der Waals surface area (Å²) in [5.74, 6) is -6.36. The number of thioether (sulfide) groups is 1. The van der Waals surface area contributed by atoms with Gasteiger partial charge >= 0.3 is 19.8 Å². The minimum Gasteiger partial charge on any atom is -0.481 e. The maximum Gasteiger partial charge on any atom is 0.470 e. The van der Waals surface area contributed by atoms with Crippen molar-refractivity contribution in [3.8, 4) is 0 Å². The first-order valence-corrected chi connectivity index (χ1v) is 26.8. The molecule has 1 saturated heterocycles. The Morgan fingerprint density at radius 3 is 2.46 bits per heavy atom. The van der Waals surface area contributed by atoms with Crippen LogP contribution in [0.15, 0.2) is 88.9 Å². The molecule has 390 valence electrons. The maximum absolute atomic E-state index is 18.2. The number of ether oxygens (including phenoxy) is 2. The number of phosphoric acid groups is 1. The molecule has 4 aliphatic carbocycles. The molecule has 22 heteroatoms. The van der Waals surface area contributed by atoms with E-state index in [1.54, 1.807) is 37.3 Å². The van der Waals surface area contributed by atoms with Crippen LogP contribution in [0.3, 0.4) is 0 Å². The molecule has 2 aromatic carbocycles. The first-order chi connectivity index (χ1) is 33.9. The van der Waals surface area contributed by atoms with Crippen LogP contribution >= 0.6 is 32.2 Å². The largest absolute Gasteiger partial charge is 0.481 e. The Hall–Kier alpha value is -4.70. The van der Waals surface area contributed by atoms with Crippen molar-refractivity contribution in [3.63, 3.8) is 0 Å². The minimum absolute atomic E-state index is 0.186. The SMILES string of the molecule is CCC/C=C1\C=C[C@@]2(C)C(=C1)CC[C@H]1[C@@H]3C[C@H]4O[C@@H](c5ccc(CSc6cccc(NC(=O)[C@H](CCC(=O)O)NC(=O)CNC(=O)C(S)CC(=O)O)c6)cc5)O[C@@]4(C(=O)COP(=O)(O)O)[C@@]3(C)C[C@H](O)[C@@]12F. The number of alkyl halides is 1. The number of aliphatic carboxylic acids is 2. The van der Waals surface area contributed by atoms with Crippen molar-refractivity contribution in [1.29, 1.82) is 0 Å². The number of Topliss-reactive ketones (excluding diaryl/α,β-unsaturated/α-hetero) is 1. The number of benzene rings is 2. The van der Waals surface area contributed by atoms with E-state index in [9.17, 15) is 53.3 Å². The van der Waals surface area contributed by atoms with E-state index in [0.717, 1.165) is 34.4 Å². The molecule has 1 unspecified atom stereocenters. The average molecular weight is 1060 g/mol. The molecule has 4 fully saturated rings. The molecule has 11 atom stereocenters. The van der Waals surface area contributed by atoms with E-state index in [1.807, 2.05) is 43.4 Å². The topological polar surface area (TPSA) is 284 Å². The van der Waals surface area contributed by atoms with E-state index in [4.69, 9.17) is 19.1 Å². The summed E-state index contributed by atoms with van der Waals surface area (Å²) in [5, 5.41) is 36.4. The van der Waals surface area contributed by atoms with Gasteiger partial charge in [-0.3, -0.25) is 33.3 Å². The number of carbonyl (C=O) groups is 6. The number of anilines is 1. The number of halogens is 1. The van der Waals surface area contributed by atoms with E-state index in [2.05, 4.69) is 41.6 Å². The van der Waals surface area contributed by atoms with Crippen molar-refractivity contribution in [2.45, 2.75) is 130 Å². The number of unbranched alkanes of at least 4 members (excludes halogenated alkanes) is 1. The number of fused-ring (bicyclic) bond motifs is 7. The number of aliphatic hydroxyl groups excluding tert-OH is 1. The third kappa shape index (κ3) is 11.2. The maximum atomic E-state index is 18.2. The van der Waals surface area contributed by atoms with Crippen LogP contribution in [-0.4, -0.2) is 108 Å². The summed E-state index contributed by atoms with van der Waals surface area (Å²) in [6, 6.07) is 12.7. The van der Waals surface area contributed by atoms with Crippen LogP contribution in [0.4, 0.5) is 10.1 Å². The monoisotopic (exact) mass is 1060 g/mol. The number of phosphoric ester groups is 1. The molecule has 1 heterocycles. The van der Waals surface area contributed by atoms with Crippen molar-refractivity contribution in [3.05, 3.63) is 95.1 Å². The average Bonchev–Trinajstić information content (AvgIpc) is 3.82. The van der Waals surface area contributed by atoms with Crippen molar-refractivity contribution in [1.82, 2.24) is 10.6 Å². The number of thiol groups is 1. The Morgan fingerprint density at radius 2 is 1.78 bits per heavy atom. The van der Waals surface area contributed by atoms with E-state index in [-0.39, 0.29) is 19.3 Å². The second-order valence-electron chi connectivity index (χ2n) is 19.5. The zero-order valence-corrected chi connectivity index (χ0v) is 42.6. The highest BCUT2D eigenvalue weighted by Crippen LogP contribution is 2.72. The van der Waals surface area contributed by atoms with E-state index < -0.39 is 133 Å². The number of allylic oxidation sites excluding steroid dienone is 6. The Bertz CT molecular complexity index is 2590. The first kappa shape index (κ1) is 55.1. The lowest BCUT2D eigenvalue weighted by Gasteiger charge is -2.62. The summed E-state index contributed by atoms with van der Waals surface area (Å²) >= 11 is 5.33. The fourth-order valence-corrected chi connectivity index (χ4v) is 12.9. The number of amides is 3. The van der Waals surface area contributed by atoms with Crippen molar-refractivity contribution >= 4 is 73.3 Å². The zero-order chi connectivity index (χ0) is 52.4. The molecule has 8 N–H and O–H groups in total. The summed E-state index contributed by atoms with van der Waals surface area (Å²) in [4.78, 5) is 94.8. The molecule has 3 amide bonds. The van der Waals surface area contributed by atoms with E-state index in [0.29, 0.717) is 29.8 Å². The molecule has 7 rings (SSSR count). The standard InChI is InChI=1S/C50H61FN3O15PS2/c1-4-5-7-28-18-19-47(2)31(20-28)14-15-34-35-22-40-50(39(56)26-67-70(64,65)66,48(35,3)24-38(55)49(34,47)51)69-46(68-40)30-12-10-29(11-13-30)27-72-33-9-6-8-32(21-33)53-44(62)36(16-17-42(58)59)54-41(57)25-52-45(63)37(71)23-43(60)61/h6-13,18-21,34-38,40,46,55,71H,4-5,14-17,22-27H2,1-3H3,(H,52,63)(H,53,62)(H,54,57)(H,58,59)(H,60,61)(H2,64,65,66)/b28-7+/t34-,35-,36-,37?,38-,40+,46+,47-,48-,49-,50+/m0/s1. The third-order valence-electron chi connectivity index (χ3n) is 15.0. The molecule has 0 aromatic heterocycles. The van der Waals surface area contributed by atoms with Gasteiger partial charge in [-0.05, 0) is 80.7 Å². The van der Waals surface area contributed by atoms with Gasteiger partial charge in [0.1, 0.15) is 12.6 Å². The van der Waals surface area contributed by atoms with Crippen LogP contribution in [0, 0.1) is 22.7 Å². The second-order valence-corrected chi connectivity index (χ2v) is 22.4. The van der Waals surface area contributed by atoms with Gasteiger partial charge in [0.15, 0.2) is 23.3 Å². The molecule has 1 aliphatic heterocycles. The molecule has 3 saturated carbocycles. The summed E-state index contributed by atoms with van der Waals surface area (Å²) in [7, 11) is -5.11.